The van der Waals surface area contributed by atoms with Crippen molar-refractivity contribution in [3.05, 3.63) is 0 Å². The zero-order valence-corrected chi connectivity index (χ0v) is 11.6. The number of nitrogens with zero attached hydrogens (tertiary/aromatic N) is 1. The first-order valence-corrected chi connectivity index (χ1v) is 7.46. The molecule has 2 N–H and O–H groups in total. The second kappa shape index (κ2) is 5.04. The van der Waals surface area contributed by atoms with Gasteiger partial charge >= 0.3 is 5.97 Å². The maximum Gasteiger partial charge on any atom is 0.325 e. The van der Waals surface area contributed by atoms with Crippen LogP contribution in [0.1, 0.15) is 39.0 Å². The average molecular weight is 268 g/mol. The highest BCUT2D eigenvalue weighted by Gasteiger charge is 2.51. The van der Waals surface area contributed by atoms with Gasteiger partial charge in [0.1, 0.15) is 5.54 Å². The molecule has 2 saturated heterocycles. The molecule has 2 heterocycles. The van der Waals surface area contributed by atoms with E-state index in [1.807, 2.05) is 0 Å². The van der Waals surface area contributed by atoms with Gasteiger partial charge in [0.2, 0.25) is 0 Å². The molecule has 19 heavy (non-hydrogen) atoms. The Kier molecular flexibility index (Phi) is 3.53. The minimum absolute atomic E-state index is 0.196. The van der Waals surface area contributed by atoms with Crippen molar-refractivity contribution >= 4 is 5.97 Å². The van der Waals surface area contributed by atoms with Crippen LogP contribution in [-0.4, -0.2) is 59.4 Å². The Balaban J connectivity index is 1.63. The lowest BCUT2D eigenvalue weighted by atomic mass is 9.96. The quantitative estimate of drug-likeness (QED) is 0.773. The van der Waals surface area contributed by atoms with Crippen molar-refractivity contribution in [2.75, 3.05) is 19.7 Å². The fraction of sp³-hybridized carbons (Fsp3) is 0.929. The lowest BCUT2D eigenvalue weighted by molar-refractivity contribution is -0.144. The van der Waals surface area contributed by atoms with E-state index in [2.05, 4.69) is 17.1 Å². The minimum atomic E-state index is -0.770. The fourth-order valence-electron chi connectivity index (χ4n) is 3.52. The van der Waals surface area contributed by atoms with Crippen LogP contribution in [0.2, 0.25) is 0 Å². The summed E-state index contributed by atoms with van der Waals surface area (Å²) >= 11 is 0. The number of nitrogens with one attached hydrogen (secondary N) is 1. The summed E-state index contributed by atoms with van der Waals surface area (Å²) in [7, 11) is 0. The molecule has 0 aromatic carbocycles. The summed E-state index contributed by atoms with van der Waals surface area (Å²) in [5, 5.41) is 13.0. The lowest BCUT2D eigenvalue weighted by Crippen LogP contribution is -2.56. The molecule has 5 heteroatoms. The third-order valence-electron chi connectivity index (χ3n) is 4.78. The molecular weight excluding hydrogens is 244 g/mol. The molecule has 1 aliphatic carbocycles. The van der Waals surface area contributed by atoms with Crippen molar-refractivity contribution in [1.82, 2.24) is 10.2 Å². The third-order valence-corrected chi connectivity index (χ3v) is 4.78. The molecule has 3 fully saturated rings. The highest BCUT2D eigenvalue weighted by Crippen LogP contribution is 2.37. The molecule has 2 aliphatic heterocycles. The molecule has 0 radical (unpaired) electrons. The van der Waals surface area contributed by atoms with Gasteiger partial charge in [-0.25, -0.2) is 0 Å². The van der Waals surface area contributed by atoms with Crippen LogP contribution in [0, 0.1) is 0 Å². The van der Waals surface area contributed by atoms with Crippen LogP contribution < -0.4 is 5.32 Å². The number of hydrogen-bond donors (Lipinski definition) is 2. The van der Waals surface area contributed by atoms with Crippen molar-refractivity contribution in [1.29, 1.82) is 0 Å². The van der Waals surface area contributed by atoms with Gasteiger partial charge in [-0.05, 0) is 39.0 Å². The van der Waals surface area contributed by atoms with E-state index in [-0.39, 0.29) is 6.10 Å². The normalized spacial score (nSPS) is 39.8. The molecule has 0 amide bonds. The lowest BCUT2D eigenvalue weighted by Gasteiger charge is -2.27. The Labute approximate surface area is 114 Å². The van der Waals surface area contributed by atoms with Crippen LogP contribution >= 0.6 is 0 Å². The second-order valence-corrected chi connectivity index (χ2v) is 6.36. The van der Waals surface area contributed by atoms with Crippen LogP contribution in [0.25, 0.3) is 0 Å². The molecule has 1 saturated carbocycles. The summed E-state index contributed by atoms with van der Waals surface area (Å²) < 4.78 is 5.58. The maximum atomic E-state index is 11.7. The largest absolute Gasteiger partial charge is 0.480 e. The van der Waals surface area contributed by atoms with E-state index in [4.69, 9.17) is 4.74 Å². The molecule has 3 atom stereocenters. The Morgan fingerprint density at radius 3 is 2.84 bits per heavy atom. The summed E-state index contributed by atoms with van der Waals surface area (Å²) in [5.41, 5.74) is -0.770. The van der Waals surface area contributed by atoms with Crippen molar-refractivity contribution in [3.63, 3.8) is 0 Å². The minimum Gasteiger partial charge on any atom is -0.480 e. The first-order chi connectivity index (χ1) is 9.11. The number of aliphatic carboxylic acids is 1. The maximum absolute atomic E-state index is 11.7. The van der Waals surface area contributed by atoms with Crippen LogP contribution in [0.15, 0.2) is 0 Å². The summed E-state index contributed by atoms with van der Waals surface area (Å²) in [5.74, 6) is -0.708. The van der Waals surface area contributed by atoms with Crippen molar-refractivity contribution in [3.8, 4) is 0 Å². The van der Waals surface area contributed by atoms with E-state index >= 15 is 0 Å². The first-order valence-electron chi connectivity index (χ1n) is 7.46. The highest BCUT2D eigenvalue weighted by atomic mass is 16.5. The van der Waals surface area contributed by atoms with Crippen LogP contribution in [-0.2, 0) is 9.53 Å². The van der Waals surface area contributed by atoms with Gasteiger partial charge in [0.25, 0.3) is 0 Å². The summed E-state index contributed by atoms with van der Waals surface area (Å²) in [6.07, 6.45) is 5.49. The number of ether oxygens (including phenoxy) is 1. The molecule has 3 rings (SSSR count). The molecule has 0 bridgehead atoms. The number of carboxylic acids is 1. The number of carboxylic acid groups (broad SMARTS) is 1. The predicted octanol–water partition coefficient (Wildman–Crippen LogP) is 0.835. The second-order valence-electron chi connectivity index (χ2n) is 6.36. The van der Waals surface area contributed by atoms with Crippen molar-refractivity contribution in [2.24, 2.45) is 0 Å². The van der Waals surface area contributed by atoms with E-state index in [0.717, 1.165) is 19.4 Å². The number of carbonyl (C=O) groups is 1. The average Bonchev–Trinajstić information content (AvgIpc) is 2.96. The van der Waals surface area contributed by atoms with E-state index in [1.54, 1.807) is 0 Å². The molecule has 0 aromatic rings. The standard InChI is InChI=1S/C14H24N2O3/c1-10-7-14(13(17)18,9-16(10)11-4-5-11)15-8-12-3-2-6-19-12/h10-12,15H,2-9H2,1H3,(H,17,18). The Bertz CT molecular complexity index is 353. The monoisotopic (exact) mass is 268 g/mol. The number of hydrogen-bond acceptors (Lipinski definition) is 4. The molecule has 0 spiro atoms. The molecular formula is C14H24N2O3. The summed E-state index contributed by atoms with van der Waals surface area (Å²) in [4.78, 5) is 14.1. The topological polar surface area (TPSA) is 61.8 Å². The van der Waals surface area contributed by atoms with Crippen molar-refractivity contribution in [2.45, 2.75) is 62.8 Å². The zero-order valence-electron chi connectivity index (χ0n) is 11.6. The van der Waals surface area contributed by atoms with Crippen LogP contribution in [0.3, 0.4) is 0 Å². The predicted molar refractivity (Wildman–Crippen MR) is 71.2 cm³/mol. The smallest absolute Gasteiger partial charge is 0.325 e. The molecule has 5 nitrogen and oxygen atoms in total. The van der Waals surface area contributed by atoms with E-state index in [9.17, 15) is 9.90 Å². The van der Waals surface area contributed by atoms with Crippen LogP contribution in [0.5, 0.6) is 0 Å². The molecule has 0 aromatic heterocycles. The SMILES string of the molecule is CC1CC(NCC2CCCO2)(C(=O)O)CN1C1CC1. The summed E-state index contributed by atoms with van der Waals surface area (Å²) in [6.45, 7) is 4.27. The number of likely N-dealkylation sites (tertiary alicyclic amines) is 1. The van der Waals surface area contributed by atoms with Gasteiger partial charge in [-0.1, -0.05) is 0 Å². The van der Waals surface area contributed by atoms with Crippen LogP contribution in [0.4, 0.5) is 0 Å². The van der Waals surface area contributed by atoms with Gasteiger partial charge in [0.05, 0.1) is 6.10 Å². The van der Waals surface area contributed by atoms with Crippen molar-refractivity contribution < 1.29 is 14.6 Å². The molecule has 108 valence electrons. The van der Waals surface area contributed by atoms with Gasteiger partial charge in [-0.3, -0.25) is 15.0 Å². The van der Waals surface area contributed by atoms with E-state index in [0.29, 0.717) is 31.6 Å². The summed E-state index contributed by atoms with van der Waals surface area (Å²) in [6, 6.07) is 0.987. The van der Waals surface area contributed by atoms with Gasteiger partial charge in [0.15, 0.2) is 0 Å². The Hall–Kier alpha value is -0.650. The van der Waals surface area contributed by atoms with Gasteiger partial charge in [-0.2, -0.15) is 0 Å². The Morgan fingerprint density at radius 2 is 2.26 bits per heavy atom. The van der Waals surface area contributed by atoms with E-state index in [1.165, 1.54) is 12.8 Å². The third kappa shape index (κ3) is 2.64. The molecule has 3 unspecified atom stereocenters. The Morgan fingerprint density at radius 1 is 1.47 bits per heavy atom. The van der Waals surface area contributed by atoms with Gasteiger partial charge in [0, 0.05) is 31.8 Å². The number of rotatable bonds is 5. The highest BCUT2D eigenvalue weighted by molar-refractivity contribution is 5.80. The van der Waals surface area contributed by atoms with E-state index < -0.39 is 11.5 Å². The van der Waals surface area contributed by atoms with Gasteiger partial charge < -0.3 is 9.84 Å². The van der Waals surface area contributed by atoms with Gasteiger partial charge in [-0.15, -0.1) is 0 Å². The zero-order chi connectivity index (χ0) is 13.5. The molecule has 3 aliphatic rings. The first kappa shape index (κ1) is 13.3. The fourth-order valence-corrected chi connectivity index (χ4v) is 3.52.